The molecule has 0 radical (unpaired) electrons. The van der Waals surface area contributed by atoms with Crippen molar-refractivity contribution in [2.45, 2.75) is 4.90 Å². The number of hydrogen-bond donors (Lipinski definition) is 1. The van der Waals surface area contributed by atoms with Crippen LogP contribution < -0.4 is 4.18 Å². The first kappa shape index (κ1) is 14.4. The summed E-state index contributed by atoms with van der Waals surface area (Å²) in [5.41, 5.74) is 0.621. The third kappa shape index (κ3) is 3.50. The molecular formula is C14H9N2O4S+. The minimum atomic E-state index is -1.88. The highest BCUT2D eigenvalue weighted by atomic mass is 32.2. The van der Waals surface area contributed by atoms with E-state index in [0.717, 1.165) is 0 Å². The summed E-state index contributed by atoms with van der Waals surface area (Å²) in [5, 5.41) is 24.2. The third-order valence-corrected chi connectivity index (χ3v) is 3.50. The van der Waals surface area contributed by atoms with Crippen LogP contribution in [0.2, 0.25) is 0 Å². The molecule has 104 valence electrons. The molecule has 0 amide bonds. The summed E-state index contributed by atoms with van der Waals surface area (Å²) in [5.74, 6) is 0.200. The topological polar surface area (TPSA) is 78.3 Å². The number of rotatable bonds is 3. The van der Waals surface area contributed by atoms with Gasteiger partial charge in [-0.25, -0.2) is 4.21 Å². The molecule has 2 aromatic carbocycles. The minimum absolute atomic E-state index is 0.200. The van der Waals surface area contributed by atoms with E-state index in [1.165, 1.54) is 6.07 Å². The molecule has 0 heterocycles. The highest BCUT2D eigenvalue weighted by Gasteiger charge is 2.16. The lowest BCUT2D eigenvalue weighted by Crippen LogP contribution is -2.04. The Bertz CT molecular complexity index is 800. The van der Waals surface area contributed by atoms with Gasteiger partial charge in [0.25, 0.3) is 0 Å². The van der Waals surface area contributed by atoms with Crippen LogP contribution in [0.15, 0.2) is 53.4 Å². The summed E-state index contributed by atoms with van der Waals surface area (Å²) >= 11 is -1.88. The van der Waals surface area contributed by atoms with Crippen molar-refractivity contribution in [3.05, 3.63) is 74.9 Å². The van der Waals surface area contributed by atoms with E-state index in [0.29, 0.717) is 5.56 Å². The molecule has 21 heavy (non-hydrogen) atoms. The first-order chi connectivity index (χ1) is 10.3. The van der Waals surface area contributed by atoms with Crippen LogP contribution in [-0.4, -0.2) is 9.42 Å². The fourth-order valence-electron chi connectivity index (χ4n) is 1.57. The highest BCUT2D eigenvalue weighted by Crippen LogP contribution is 2.21. The molecular weight excluding hydrogens is 292 g/mol. The van der Waals surface area contributed by atoms with Gasteiger partial charge in [0.2, 0.25) is 16.1 Å². The Hall–Kier alpha value is -3.03. The molecule has 0 aliphatic heterocycles. The molecule has 1 atom stereocenters. The molecule has 0 saturated carbocycles. The second-order valence-corrected chi connectivity index (χ2v) is 4.80. The van der Waals surface area contributed by atoms with E-state index in [1.807, 2.05) is 0 Å². The van der Waals surface area contributed by atoms with Gasteiger partial charge >= 0.3 is 12.1 Å². The van der Waals surface area contributed by atoms with Crippen molar-refractivity contribution in [2.24, 2.45) is 0 Å². The quantitative estimate of drug-likeness (QED) is 0.884. The zero-order valence-electron chi connectivity index (χ0n) is 10.6. The second kappa shape index (κ2) is 6.94. The average Bonchev–Trinajstić information content (AvgIpc) is 2.50. The van der Waals surface area contributed by atoms with Crippen molar-refractivity contribution in [3.8, 4) is 17.9 Å². The Morgan fingerprint density at radius 2 is 1.71 bits per heavy atom. The molecule has 1 unspecified atom stereocenters. The van der Waals surface area contributed by atoms with Crippen LogP contribution in [0, 0.1) is 17.3 Å². The van der Waals surface area contributed by atoms with E-state index >= 15 is 0 Å². The number of nitrogens with zero attached hydrogens (tertiary/aromatic N) is 2. The predicted molar refractivity (Wildman–Crippen MR) is 77.8 cm³/mol. The zero-order valence-corrected chi connectivity index (χ0v) is 11.4. The van der Waals surface area contributed by atoms with E-state index in [1.54, 1.807) is 42.5 Å². The summed E-state index contributed by atoms with van der Waals surface area (Å²) in [6.07, 6.45) is 0. The van der Waals surface area contributed by atoms with Crippen LogP contribution in [0.3, 0.4) is 0 Å². The van der Waals surface area contributed by atoms with Gasteiger partial charge in [0.05, 0.1) is 0 Å². The first-order valence-corrected chi connectivity index (χ1v) is 6.80. The minimum Gasteiger partial charge on any atom is -0.498 e. The van der Waals surface area contributed by atoms with Gasteiger partial charge in [-0.3, -0.25) is 0 Å². The molecule has 0 bridgehead atoms. The molecule has 2 aromatic rings. The van der Waals surface area contributed by atoms with Crippen molar-refractivity contribution in [3.63, 3.8) is 0 Å². The van der Waals surface area contributed by atoms with Crippen molar-refractivity contribution in [1.82, 2.24) is 0 Å². The molecule has 0 aliphatic rings. The standard InChI is InChI=1S/C14H8N2O4S/c17-15-9-11-5-1-3-7-13(11)20-21(19)14-8-4-2-6-12(14)10-16-18/h1-8H/p+1. The third-order valence-electron chi connectivity index (χ3n) is 2.46. The van der Waals surface area contributed by atoms with Gasteiger partial charge in [-0.2, -0.15) is 5.21 Å². The Morgan fingerprint density at radius 3 is 2.43 bits per heavy atom. The summed E-state index contributed by atoms with van der Waals surface area (Å²) in [6.45, 7) is 0. The Kier molecular flexibility index (Phi) is 4.75. The summed E-state index contributed by atoms with van der Waals surface area (Å²) in [7, 11) is 0. The fraction of sp³-hybridized carbons (Fsp3) is 0. The van der Waals surface area contributed by atoms with Crippen LogP contribution in [0.1, 0.15) is 11.1 Å². The molecule has 2 rings (SSSR count). The Labute approximate surface area is 123 Å². The van der Waals surface area contributed by atoms with E-state index in [4.69, 9.17) is 9.39 Å². The maximum Gasteiger partial charge on any atom is 0.389 e. The largest absolute Gasteiger partial charge is 0.498 e. The zero-order chi connectivity index (χ0) is 15.1. The van der Waals surface area contributed by atoms with Gasteiger partial charge in [0, 0.05) is 5.01 Å². The Morgan fingerprint density at radius 1 is 1.05 bits per heavy atom. The molecule has 0 aromatic heterocycles. The van der Waals surface area contributed by atoms with Gasteiger partial charge in [0.1, 0.15) is 16.0 Å². The summed E-state index contributed by atoms with van der Waals surface area (Å²) in [4.78, 5) is 0.282. The second-order valence-electron chi connectivity index (χ2n) is 3.73. The van der Waals surface area contributed by atoms with Crippen molar-refractivity contribution < 1.29 is 13.6 Å². The van der Waals surface area contributed by atoms with Crippen LogP contribution in [0.4, 0.5) is 0 Å². The van der Waals surface area contributed by atoms with E-state index in [2.05, 4.69) is 22.2 Å². The molecule has 6 nitrogen and oxygen atoms in total. The molecule has 0 aliphatic carbocycles. The fourth-order valence-corrected chi connectivity index (χ4v) is 2.45. The van der Waals surface area contributed by atoms with E-state index in [-0.39, 0.29) is 16.2 Å². The Balaban J connectivity index is 2.34. The molecule has 0 spiro atoms. The average molecular weight is 301 g/mol. The summed E-state index contributed by atoms with van der Waals surface area (Å²) in [6, 6.07) is 17.4. The van der Waals surface area contributed by atoms with Crippen LogP contribution in [0.25, 0.3) is 10.0 Å². The molecule has 7 heteroatoms. The number of hydrogen-bond acceptors (Lipinski definition) is 4. The summed E-state index contributed by atoms with van der Waals surface area (Å²) < 4.78 is 17.6. The highest BCUT2D eigenvalue weighted by molar-refractivity contribution is 7.80. The van der Waals surface area contributed by atoms with Gasteiger partial charge < -0.3 is 9.39 Å². The van der Waals surface area contributed by atoms with Crippen LogP contribution >= 0.6 is 0 Å². The SMILES string of the molecule is O=S(Oc1ccccc1C#[N+][O-])c1ccccc1C#[N+]O. The maximum absolute atomic E-state index is 12.3. The molecule has 1 N–H and O–H groups in total. The smallest absolute Gasteiger partial charge is 0.389 e. The lowest BCUT2D eigenvalue weighted by Gasteiger charge is -2.05. The van der Waals surface area contributed by atoms with E-state index in [9.17, 15) is 9.42 Å². The molecule has 0 fully saturated rings. The van der Waals surface area contributed by atoms with Crippen LogP contribution in [-0.2, 0) is 11.1 Å². The van der Waals surface area contributed by atoms with Gasteiger partial charge in [-0.05, 0) is 24.3 Å². The number of benzene rings is 2. The normalized spacial score (nSPS) is 10.5. The lowest BCUT2D eigenvalue weighted by atomic mass is 10.2. The monoisotopic (exact) mass is 301 g/mol. The van der Waals surface area contributed by atoms with Crippen molar-refractivity contribution in [2.75, 3.05) is 0 Å². The first-order valence-electron chi connectivity index (χ1n) is 5.73. The number of para-hydroxylation sites is 1. The van der Waals surface area contributed by atoms with Gasteiger partial charge in [-0.15, -0.1) is 0 Å². The van der Waals surface area contributed by atoms with Gasteiger partial charge in [-0.1, -0.05) is 24.3 Å². The maximum atomic E-state index is 12.3. The van der Waals surface area contributed by atoms with Crippen LogP contribution in [0.5, 0.6) is 5.75 Å². The van der Waals surface area contributed by atoms with Crippen molar-refractivity contribution in [1.29, 1.82) is 0 Å². The van der Waals surface area contributed by atoms with Crippen molar-refractivity contribution >= 4 is 11.1 Å². The molecule has 0 saturated heterocycles. The van der Waals surface area contributed by atoms with E-state index < -0.39 is 11.1 Å². The van der Waals surface area contributed by atoms with Gasteiger partial charge in [0.15, 0.2) is 5.75 Å². The predicted octanol–water partition coefficient (Wildman–Crippen LogP) is 3.04. The lowest BCUT2D eigenvalue weighted by molar-refractivity contribution is 0.465.